The molecule has 4 nitrogen and oxygen atoms in total. The van der Waals surface area contributed by atoms with Crippen LogP contribution < -0.4 is 5.32 Å². The van der Waals surface area contributed by atoms with E-state index in [4.69, 9.17) is 4.74 Å². The molecule has 1 fully saturated rings. The van der Waals surface area contributed by atoms with Crippen molar-refractivity contribution in [3.63, 3.8) is 0 Å². The Hall–Kier alpha value is -1.06. The van der Waals surface area contributed by atoms with Crippen molar-refractivity contribution in [2.75, 3.05) is 0 Å². The van der Waals surface area contributed by atoms with Crippen molar-refractivity contribution in [2.45, 2.75) is 90.7 Å². The Morgan fingerprint density at radius 1 is 1.19 bits per heavy atom. The molecule has 1 aliphatic carbocycles. The average Bonchev–Trinajstić information content (AvgIpc) is 2.90. The van der Waals surface area contributed by atoms with Crippen LogP contribution in [0, 0.1) is 5.92 Å². The summed E-state index contributed by atoms with van der Waals surface area (Å²) < 4.78 is 5.55. The maximum Gasteiger partial charge on any atom is 0.328 e. The van der Waals surface area contributed by atoms with Crippen molar-refractivity contribution < 1.29 is 14.3 Å². The van der Waals surface area contributed by atoms with Gasteiger partial charge in [-0.3, -0.25) is 4.79 Å². The largest absolute Gasteiger partial charge is 0.461 e. The maximum absolute atomic E-state index is 12.3. The fourth-order valence-corrected chi connectivity index (χ4v) is 2.74. The first kappa shape index (κ1) is 18.0. The predicted molar refractivity (Wildman–Crippen MR) is 83.9 cm³/mol. The number of carbonyl (C=O) groups excluding carboxylic acids is 2. The molecule has 0 radical (unpaired) electrons. The van der Waals surface area contributed by atoms with Crippen molar-refractivity contribution in [2.24, 2.45) is 5.92 Å². The smallest absolute Gasteiger partial charge is 0.328 e. The number of hydrogen-bond donors (Lipinski definition) is 1. The van der Waals surface area contributed by atoms with Crippen LogP contribution in [0.15, 0.2) is 0 Å². The van der Waals surface area contributed by atoms with Gasteiger partial charge in [-0.2, -0.15) is 0 Å². The fourth-order valence-electron chi connectivity index (χ4n) is 2.74. The van der Waals surface area contributed by atoms with E-state index in [1.165, 1.54) is 0 Å². The Kier molecular flexibility index (Phi) is 8.40. The van der Waals surface area contributed by atoms with Gasteiger partial charge in [-0.1, -0.05) is 33.6 Å². The van der Waals surface area contributed by atoms with Gasteiger partial charge in [0.05, 0.1) is 0 Å². The van der Waals surface area contributed by atoms with E-state index in [0.29, 0.717) is 18.8 Å². The van der Waals surface area contributed by atoms with Crippen LogP contribution in [0.2, 0.25) is 0 Å². The molecule has 0 aromatic carbocycles. The summed E-state index contributed by atoms with van der Waals surface area (Å²) in [6.45, 7) is 6.22. The number of amides is 1. The standard InChI is InChI=1S/C17H31NO3/c1-4-5-6-11-16(19)18-15(12-13(2)3)17(20)21-14-9-7-8-10-14/h13-15H,4-12H2,1-3H3,(H,18,19)/t15-/m0/s1. The van der Waals surface area contributed by atoms with Crippen LogP contribution in [-0.4, -0.2) is 24.0 Å². The molecule has 0 aliphatic heterocycles. The summed E-state index contributed by atoms with van der Waals surface area (Å²) in [5.74, 6) is 0.0685. The first-order valence-corrected chi connectivity index (χ1v) is 8.52. The third-order valence-electron chi connectivity index (χ3n) is 3.92. The Bertz CT molecular complexity index is 322. The van der Waals surface area contributed by atoms with Crippen LogP contribution in [0.25, 0.3) is 0 Å². The Balaban J connectivity index is 2.45. The van der Waals surface area contributed by atoms with Crippen molar-refractivity contribution in [3.05, 3.63) is 0 Å². The summed E-state index contributed by atoms with van der Waals surface area (Å²) in [4.78, 5) is 24.2. The van der Waals surface area contributed by atoms with E-state index in [2.05, 4.69) is 26.1 Å². The molecule has 21 heavy (non-hydrogen) atoms. The molecule has 0 unspecified atom stereocenters. The summed E-state index contributed by atoms with van der Waals surface area (Å²) in [5.41, 5.74) is 0. The van der Waals surface area contributed by atoms with Gasteiger partial charge in [0.15, 0.2) is 0 Å². The summed E-state index contributed by atoms with van der Waals surface area (Å²) >= 11 is 0. The normalized spacial score (nSPS) is 17.0. The molecular weight excluding hydrogens is 266 g/mol. The van der Waals surface area contributed by atoms with Gasteiger partial charge in [0.2, 0.25) is 5.91 Å². The van der Waals surface area contributed by atoms with Gasteiger partial charge in [-0.15, -0.1) is 0 Å². The fraction of sp³-hybridized carbons (Fsp3) is 0.882. The molecule has 0 aromatic rings. The van der Waals surface area contributed by atoms with Crippen LogP contribution in [0.5, 0.6) is 0 Å². The highest BCUT2D eigenvalue weighted by atomic mass is 16.5. The lowest BCUT2D eigenvalue weighted by molar-refractivity contribution is -0.153. The summed E-state index contributed by atoms with van der Waals surface area (Å²) in [6.07, 6.45) is 8.42. The quantitative estimate of drug-likeness (QED) is 0.523. The van der Waals surface area contributed by atoms with Crippen LogP contribution in [0.4, 0.5) is 0 Å². The highest BCUT2D eigenvalue weighted by molar-refractivity contribution is 5.84. The van der Waals surface area contributed by atoms with Gasteiger partial charge < -0.3 is 10.1 Å². The van der Waals surface area contributed by atoms with Crippen LogP contribution in [-0.2, 0) is 14.3 Å². The maximum atomic E-state index is 12.3. The van der Waals surface area contributed by atoms with Gasteiger partial charge in [0, 0.05) is 6.42 Å². The first-order valence-electron chi connectivity index (χ1n) is 8.52. The van der Waals surface area contributed by atoms with E-state index in [1.54, 1.807) is 0 Å². The molecule has 122 valence electrons. The van der Waals surface area contributed by atoms with E-state index in [1.807, 2.05) is 0 Å². The number of hydrogen-bond acceptors (Lipinski definition) is 3. The molecule has 1 atom stereocenters. The number of carbonyl (C=O) groups is 2. The predicted octanol–water partition coefficient (Wildman–Crippen LogP) is 3.58. The molecule has 1 rings (SSSR count). The summed E-state index contributed by atoms with van der Waals surface area (Å²) in [5, 5.41) is 2.87. The van der Waals surface area contributed by atoms with Crippen molar-refractivity contribution in [1.29, 1.82) is 0 Å². The SMILES string of the molecule is CCCCCC(=O)N[C@@H](CC(C)C)C(=O)OC1CCCC1. The first-order chi connectivity index (χ1) is 10.0. The minimum absolute atomic E-state index is 0.0301. The lowest BCUT2D eigenvalue weighted by Crippen LogP contribution is -2.43. The van der Waals surface area contributed by atoms with Gasteiger partial charge in [0.1, 0.15) is 12.1 Å². The Morgan fingerprint density at radius 2 is 1.86 bits per heavy atom. The molecular formula is C17H31NO3. The minimum atomic E-state index is -0.486. The van der Waals surface area contributed by atoms with Gasteiger partial charge >= 0.3 is 5.97 Å². The molecule has 0 aromatic heterocycles. The van der Waals surface area contributed by atoms with Gasteiger partial charge in [-0.25, -0.2) is 4.79 Å². The van der Waals surface area contributed by atoms with E-state index in [-0.39, 0.29) is 18.0 Å². The number of rotatable bonds is 9. The Morgan fingerprint density at radius 3 is 2.43 bits per heavy atom. The third-order valence-corrected chi connectivity index (χ3v) is 3.92. The molecule has 1 aliphatic rings. The molecule has 1 saturated carbocycles. The topological polar surface area (TPSA) is 55.4 Å². The highest BCUT2D eigenvalue weighted by Gasteiger charge is 2.27. The second-order valence-electron chi connectivity index (χ2n) is 6.55. The number of nitrogens with one attached hydrogen (secondary N) is 1. The minimum Gasteiger partial charge on any atom is -0.461 e. The monoisotopic (exact) mass is 297 g/mol. The molecule has 1 amide bonds. The van der Waals surface area contributed by atoms with Gasteiger partial charge in [0.25, 0.3) is 0 Å². The molecule has 0 spiro atoms. The second-order valence-corrected chi connectivity index (χ2v) is 6.55. The molecule has 0 heterocycles. The lowest BCUT2D eigenvalue weighted by atomic mass is 10.0. The van der Waals surface area contributed by atoms with E-state index < -0.39 is 6.04 Å². The number of esters is 1. The summed E-state index contributed by atoms with van der Waals surface area (Å²) in [7, 11) is 0. The molecule has 1 N–H and O–H groups in total. The van der Waals surface area contributed by atoms with E-state index >= 15 is 0 Å². The van der Waals surface area contributed by atoms with Crippen LogP contribution in [0.1, 0.15) is 78.6 Å². The summed E-state index contributed by atoms with van der Waals surface area (Å²) in [6, 6.07) is -0.486. The lowest BCUT2D eigenvalue weighted by Gasteiger charge is -2.21. The van der Waals surface area contributed by atoms with E-state index in [0.717, 1.165) is 44.9 Å². The van der Waals surface area contributed by atoms with Crippen molar-refractivity contribution in [3.8, 4) is 0 Å². The van der Waals surface area contributed by atoms with Crippen molar-refractivity contribution in [1.82, 2.24) is 5.32 Å². The zero-order valence-electron chi connectivity index (χ0n) is 13.8. The number of unbranched alkanes of at least 4 members (excludes halogenated alkanes) is 2. The van der Waals surface area contributed by atoms with Crippen LogP contribution in [0.3, 0.4) is 0 Å². The van der Waals surface area contributed by atoms with Gasteiger partial charge in [-0.05, 0) is 44.4 Å². The van der Waals surface area contributed by atoms with E-state index in [9.17, 15) is 9.59 Å². The second kappa shape index (κ2) is 9.80. The highest BCUT2D eigenvalue weighted by Crippen LogP contribution is 2.22. The average molecular weight is 297 g/mol. The molecule has 0 bridgehead atoms. The molecule has 4 heteroatoms. The third kappa shape index (κ3) is 7.49. The van der Waals surface area contributed by atoms with Crippen molar-refractivity contribution >= 4 is 11.9 Å². The van der Waals surface area contributed by atoms with Crippen LogP contribution >= 0.6 is 0 Å². The Labute approximate surface area is 129 Å². The zero-order valence-corrected chi connectivity index (χ0v) is 13.8. The zero-order chi connectivity index (χ0) is 15.7. The molecule has 0 saturated heterocycles. The number of ether oxygens (including phenoxy) is 1.